The summed E-state index contributed by atoms with van der Waals surface area (Å²) in [5.41, 5.74) is 3.54. The van der Waals surface area contributed by atoms with E-state index >= 15 is 0 Å². The molecule has 130 valence electrons. The van der Waals surface area contributed by atoms with Crippen molar-refractivity contribution in [1.82, 2.24) is 4.98 Å². The van der Waals surface area contributed by atoms with Crippen molar-refractivity contribution in [2.24, 2.45) is 0 Å². The highest BCUT2D eigenvalue weighted by atomic mass is 16.5. The minimum absolute atomic E-state index is 0.196. The third kappa shape index (κ3) is 4.38. The Bertz CT molecular complexity index is 869. The average Bonchev–Trinajstić information content (AvgIpc) is 3.01. The third-order valence-corrected chi connectivity index (χ3v) is 3.98. The number of esters is 1. The lowest BCUT2D eigenvalue weighted by Crippen LogP contribution is -2.09. The molecule has 5 nitrogen and oxygen atoms in total. The van der Waals surface area contributed by atoms with Crippen LogP contribution in [0.15, 0.2) is 47.1 Å². The number of fused-ring (bicyclic) bond motifs is 1. The molecule has 0 saturated heterocycles. The summed E-state index contributed by atoms with van der Waals surface area (Å²) in [6.07, 6.45) is 3.35. The summed E-state index contributed by atoms with van der Waals surface area (Å²) in [4.78, 5) is 16.5. The molecule has 0 aliphatic carbocycles. The minimum Gasteiger partial charge on any atom is -0.497 e. The van der Waals surface area contributed by atoms with Crippen molar-refractivity contribution in [3.63, 3.8) is 0 Å². The smallest absolute Gasteiger partial charge is 0.310 e. The Morgan fingerprint density at radius 3 is 2.92 bits per heavy atom. The van der Waals surface area contributed by atoms with Crippen LogP contribution in [-0.4, -0.2) is 24.7 Å². The number of aryl methyl sites for hydroxylation is 2. The number of aromatic nitrogens is 1. The first-order valence-electron chi connectivity index (χ1n) is 8.28. The molecule has 5 heteroatoms. The summed E-state index contributed by atoms with van der Waals surface area (Å²) in [6.45, 7) is 2.35. The van der Waals surface area contributed by atoms with E-state index in [1.165, 1.54) is 0 Å². The molecule has 0 unspecified atom stereocenters. The van der Waals surface area contributed by atoms with E-state index in [0.717, 1.165) is 40.9 Å². The Morgan fingerprint density at radius 2 is 2.12 bits per heavy atom. The van der Waals surface area contributed by atoms with E-state index in [1.807, 2.05) is 37.3 Å². The molecular formula is C20H21NO4. The zero-order chi connectivity index (χ0) is 17.6. The number of hydrogen-bond donors (Lipinski definition) is 0. The van der Waals surface area contributed by atoms with Crippen LogP contribution in [-0.2, 0) is 22.4 Å². The van der Waals surface area contributed by atoms with Gasteiger partial charge >= 0.3 is 5.97 Å². The van der Waals surface area contributed by atoms with Crippen molar-refractivity contribution in [2.45, 2.75) is 26.2 Å². The number of hydrogen-bond acceptors (Lipinski definition) is 5. The number of nitrogens with zero attached hydrogens (tertiary/aromatic N) is 1. The second kappa shape index (κ2) is 7.83. The average molecular weight is 339 g/mol. The van der Waals surface area contributed by atoms with Gasteiger partial charge in [0, 0.05) is 28.4 Å². The molecule has 0 atom stereocenters. The van der Waals surface area contributed by atoms with E-state index in [1.54, 1.807) is 19.4 Å². The fourth-order valence-electron chi connectivity index (χ4n) is 2.71. The first-order chi connectivity index (χ1) is 12.2. The maximum Gasteiger partial charge on any atom is 0.310 e. The van der Waals surface area contributed by atoms with Crippen LogP contribution in [0, 0.1) is 6.92 Å². The molecule has 0 radical (unpaired) electrons. The van der Waals surface area contributed by atoms with E-state index in [0.29, 0.717) is 12.2 Å². The lowest BCUT2D eigenvalue weighted by atomic mass is 10.1. The van der Waals surface area contributed by atoms with E-state index in [9.17, 15) is 4.79 Å². The summed E-state index contributed by atoms with van der Waals surface area (Å²) in [5.74, 6) is 0.469. The first-order valence-corrected chi connectivity index (χ1v) is 8.28. The van der Waals surface area contributed by atoms with Crippen LogP contribution < -0.4 is 4.74 Å². The normalized spacial score (nSPS) is 10.8. The Hall–Kier alpha value is -2.82. The molecule has 2 aromatic heterocycles. The van der Waals surface area contributed by atoms with Crippen molar-refractivity contribution >= 4 is 16.9 Å². The van der Waals surface area contributed by atoms with Gasteiger partial charge in [0.25, 0.3) is 0 Å². The van der Waals surface area contributed by atoms with E-state index in [-0.39, 0.29) is 12.4 Å². The van der Waals surface area contributed by atoms with E-state index in [2.05, 4.69) is 4.98 Å². The summed E-state index contributed by atoms with van der Waals surface area (Å²) < 4.78 is 16.0. The SMILES string of the molecule is COc1ccc2c(CC(=O)OCCCc3cccc(C)n3)coc2c1. The largest absolute Gasteiger partial charge is 0.497 e. The second-order valence-electron chi connectivity index (χ2n) is 5.89. The highest BCUT2D eigenvalue weighted by Crippen LogP contribution is 2.26. The van der Waals surface area contributed by atoms with Crippen molar-refractivity contribution in [3.8, 4) is 5.75 Å². The van der Waals surface area contributed by atoms with E-state index < -0.39 is 0 Å². The lowest BCUT2D eigenvalue weighted by Gasteiger charge is -2.05. The standard InChI is InChI=1S/C20H21NO4/c1-14-5-3-6-16(21-14)7-4-10-24-20(22)11-15-13-25-19-12-17(23-2)8-9-18(15)19/h3,5-6,8-9,12-13H,4,7,10-11H2,1-2H3. The zero-order valence-electron chi connectivity index (χ0n) is 14.5. The lowest BCUT2D eigenvalue weighted by molar-refractivity contribution is -0.142. The van der Waals surface area contributed by atoms with Crippen molar-refractivity contribution < 1.29 is 18.7 Å². The molecule has 0 aliphatic rings. The Labute approximate surface area is 146 Å². The number of methoxy groups -OCH3 is 1. The van der Waals surface area contributed by atoms with Gasteiger partial charge in [-0.25, -0.2) is 0 Å². The predicted molar refractivity (Wildman–Crippen MR) is 94.7 cm³/mol. The van der Waals surface area contributed by atoms with Crippen LogP contribution in [0.4, 0.5) is 0 Å². The fraction of sp³-hybridized carbons (Fsp3) is 0.300. The van der Waals surface area contributed by atoms with Gasteiger partial charge in [-0.2, -0.15) is 0 Å². The van der Waals surface area contributed by atoms with Crippen LogP contribution in [0.3, 0.4) is 0 Å². The van der Waals surface area contributed by atoms with E-state index in [4.69, 9.17) is 13.9 Å². The number of carbonyl (C=O) groups excluding carboxylic acids is 1. The van der Waals surface area contributed by atoms with Crippen molar-refractivity contribution in [1.29, 1.82) is 0 Å². The number of rotatable bonds is 7. The monoisotopic (exact) mass is 339 g/mol. The first kappa shape index (κ1) is 17.0. The van der Waals surface area contributed by atoms with Crippen molar-refractivity contribution in [2.75, 3.05) is 13.7 Å². The Kier molecular flexibility index (Phi) is 5.33. The van der Waals surface area contributed by atoms with Crippen LogP contribution in [0.5, 0.6) is 5.75 Å². The number of furan rings is 1. The molecule has 25 heavy (non-hydrogen) atoms. The summed E-state index contributed by atoms with van der Waals surface area (Å²) >= 11 is 0. The maximum absolute atomic E-state index is 12.0. The van der Waals surface area contributed by atoms with Gasteiger partial charge < -0.3 is 13.9 Å². The van der Waals surface area contributed by atoms with Gasteiger partial charge in [-0.15, -0.1) is 0 Å². The molecule has 0 aliphatic heterocycles. The van der Waals surface area contributed by atoms with Gasteiger partial charge in [-0.1, -0.05) is 6.07 Å². The number of carbonyl (C=O) groups is 1. The van der Waals surface area contributed by atoms with Crippen molar-refractivity contribution in [3.05, 3.63) is 59.6 Å². The van der Waals surface area contributed by atoms with Crippen LogP contribution in [0.1, 0.15) is 23.4 Å². The van der Waals surface area contributed by atoms with Gasteiger partial charge in [-0.3, -0.25) is 9.78 Å². The molecular weight excluding hydrogens is 318 g/mol. The van der Waals surface area contributed by atoms with Crippen LogP contribution in [0.2, 0.25) is 0 Å². The quantitative estimate of drug-likeness (QED) is 0.483. The zero-order valence-corrected chi connectivity index (χ0v) is 14.5. The highest BCUT2D eigenvalue weighted by molar-refractivity contribution is 5.86. The van der Waals surface area contributed by atoms with Gasteiger partial charge in [-0.05, 0) is 44.0 Å². The van der Waals surface area contributed by atoms with Gasteiger partial charge in [0.05, 0.1) is 26.4 Å². The Balaban J connectivity index is 1.49. The fourth-order valence-corrected chi connectivity index (χ4v) is 2.71. The molecule has 3 rings (SSSR count). The third-order valence-electron chi connectivity index (χ3n) is 3.98. The summed E-state index contributed by atoms with van der Waals surface area (Å²) in [7, 11) is 1.61. The van der Waals surface area contributed by atoms with Gasteiger partial charge in [0.2, 0.25) is 0 Å². The second-order valence-corrected chi connectivity index (χ2v) is 5.89. The highest BCUT2D eigenvalue weighted by Gasteiger charge is 2.12. The predicted octanol–water partition coefficient (Wildman–Crippen LogP) is 3.86. The summed E-state index contributed by atoms with van der Waals surface area (Å²) in [6, 6.07) is 11.5. The minimum atomic E-state index is -0.254. The molecule has 0 saturated carbocycles. The number of ether oxygens (including phenoxy) is 2. The molecule has 0 bridgehead atoms. The molecule has 1 aromatic carbocycles. The molecule has 0 amide bonds. The number of pyridine rings is 1. The molecule has 0 N–H and O–H groups in total. The van der Waals surface area contributed by atoms with Gasteiger partial charge in [0.1, 0.15) is 11.3 Å². The molecule has 0 fully saturated rings. The molecule has 2 heterocycles. The van der Waals surface area contributed by atoms with Crippen LogP contribution >= 0.6 is 0 Å². The Morgan fingerprint density at radius 1 is 1.24 bits per heavy atom. The number of benzene rings is 1. The molecule has 0 spiro atoms. The topological polar surface area (TPSA) is 61.6 Å². The van der Waals surface area contributed by atoms with Gasteiger partial charge in [0.15, 0.2) is 0 Å². The molecule has 3 aromatic rings. The maximum atomic E-state index is 12.0. The summed E-state index contributed by atoms with van der Waals surface area (Å²) in [5, 5.41) is 0.904. The van der Waals surface area contributed by atoms with Crippen LogP contribution in [0.25, 0.3) is 11.0 Å².